The van der Waals surface area contributed by atoms with Crippen molar-refractivity contribution >= 4 is 11.8 Å². The number of fused-ring (bicyclic) bond motifs is 1. The number of nitrogens with one attached hydrogen (secondary N) is 1. The Bertz CT molecular complexity index is 726. The first kappa shape index (κ1) is 13.0. The Balaban J connectivity index is 1.77. The summed E-state index contributed by atoms with van der Waals surface area (Å²) < 4.78 is 10.3. The average molecular weight is 285 g/mol. The van der Waals surface area contributed by atoms with Crippen LogP contribution in [0.2, 0.25) is 0 Å². The summed E-state index contributed by atoms with van der Waals surface area (Å²) in [5.41, 5.74) is 0.301. The number of aromatic hydroxyl groups is 1. The molecule has 2 aromatic rings. The maximum atomic E-state index is 12.0. The normalized spacial score (nSPS) is 12.0. The SMILES string of the molecule is O=C(NC(=O)c1ccccc1O)c1ccc2c(c1)OCO2. The van der Waals surface area contributed by atoms with Gasteiger partial charge in [-0.25, -0.2) is 0 Å². The summed E-state index contributed by atoms with van der Waals surface area (Å²) in [6.45, 7) is 0.108. The van der Waals surface area contributed by atoms with E-state index in [1.807, 2.05) is 0 Å². The second-order valence-corrected chi connectivity index (χ2v) is 4.37. The number of para-hydroxylation sites is 1. The molecule has 0 aromatic heterocycles. The van der Waals surface area contributed by atoms with Gasteiger partial charge in [-0.3, -0.25) is 14.9 Å². The highest BCUT2D eigenvalue weighted by Gasteiger charge is 2.19. The van der Waals surface area contributed by atoms with Gasteiger partial charge in [-0.1, -0.05) is 12.1 Å². The summed E-state index contributed by atoms with van der Waals surface area (Å²) in [4.78, 5) is 24.0. The number of ether oxygens (including phenoxy) is 2. The number of benzene rings is 2. The zero-order chi connectivity index (χ0) is 14.8. The van der Waals surface area contributed by atoms with Crippen molar-refractivity contribution < 1.29 is 24.2 Å². The first-order valence-corrected chi connectivity index (χ1v) is 6.18. The Hall–Kier alpha value is -3.02. The molecule has 0 unspecified atom stereocenters. The van der Waals surface area contributed by atoms with Gasteiger partial charge in [0.05, 0.1) is 5.56 Å². The number of phenolic OH excluding ortho intramolecular Hbond substituents is 1. The molecule has 0 radical (unpaired) electrons. The van der Waals surface area contributed by atoms with Gasteiger partial charge in [0.1, 0.15) is 5.75 Å². The third-order valence-corrected chi connectivity index (χ3v) is 3.01. The second-order valence-electron chi connectivity index (χ2n) is 4.37. The van der Waals surface area contributed by atoms with Crippen LogP contribution in [0.15, 0.2) is 42.5 Å². The Labute approximate surface area is 119 Å². The molecule has 1 aliphatic heterocycles. The number of carbonyl (C=O) groups excluding carboxylic acids is 2. The number of phenols is 1. The van der Waals surface area contributed by atoms with E-state index in [0.29, 0.717) is 11.5 Å². The predicted octanol–water partition coefficient (Wildman–Crippen LogP) is 1.69. The van der Waals surface area contributed by atoms with Crippen LogP contribution in [0.3, 0.4) is 0 Å². The summed E-state index contributed by atoms with van der Waals surface area (Å²) >= 11 is 0. The van der Waals surface area contributed by atoms with Crippen molar-refractivity contribution in [3.63, 3.8) is 0 Å². The molecule has 0 aliphatic carbocycles. The first-order chi connectivity index (χ1) is 10.1. The fraction of sp³-hybridized carbons (Fsp3) is 0.0667. The van der Waals surface area contributed by atoms with E-state index >= 15 is 0 Å². The van der Waals surface area contributed by atoms with Gasteiger partial charge in [0, 0.05) is 5.56 Å². The minimum atomic E-state index is -0.671. The molecule has 1 heterocycles. The number of rotatable bonds is 2. The maximum absolute atomic E-state index is 12.0. The third-order valence-electron chi connectivity index (χ3n) is 3.01. The topological polar surface area (TPSA) is 84.9 Å². The third kappa shape index (κ3) is 2.51. The molecule has 0 bridgehead atoms. The second kappa shape index (κ2) is 5.16. The van der Waals surface area contributed by atoms with Gasteiger partial charge in [-0.2, -0.15) is 0 Å². The van der Waals surface area contributed by atoms with Gasteiger partial charge in [-0.15, -0.1) is 0 Å². The zero-order valence-corrected chi connectivity index (χ0v) is 10.8. The molecule has 6 nitrogen and oxygen atoms in total. The van der Waals surface area contributed by atoms with E-state index in [1.54, 1.807) is 18.2 Å². The largest absolute Gasteiger partial charge is 0.507 e. The number of carbonyl (C=O) groups is 2. The van der Waals surface area contributed by atoms with Crippen molar-refractivity contribution in [2.24, 2.45) is 0 Å². The van der Waals surface area contributed by atoms with Crippen LogP contribution in [0.25, 0.3) is 0 Å². The lowest BCUT2D eigenvalue weighted by Crippen LogP contribution is -2.30. The standard InChI is InChI=1S/C15H11NO5/c17-11-4-2-1-3-10(11)15(19)16-14(18)9-5-6-12-13(7-9)21-8-20-12/h1-7,17H,8H2,(H,16,18,19). The smallest absolute Gasteiger partial charge is 0.261 e. The van der Waals surface area contributed by atoms with Crippen LogP contribution in [0, 0.1) is 0 Å². The van der Waals surface area contributed by atoms with E-state index in [2.05, 4.69) is 5.32 Å². The summed E-state index contributed by atoms with van der Waals surface area (Å²) in [6.07, 6.45) is 0. The van der Waals surface area contributed by atoms with E-state index in [9.17, 15) is 14.7 Å². The van der Waals surface area contributed by atoms with Crippen LogP contribution < -0.4 is 14.8 Å². The van der Waals surface area contributed by atoms with Crippen LogP contribution in [0.4, 0.5) is 0 Å². The average Bonchev–Trinajstić information content (AvgIpc) is 2.94. The lowest BCUT2D eigenvalue weighted by atomic mass is 10.1. The van der Waals surface area contributed by atoms with Crippen molar-refractivity contribution in [2.45, 2.75) is 0 Å². The highest BCUT2D eigenvalue weighted by Crippen LogP contribution is 2.32. The summed E-state index contributed by atoms with van der Waals surface area (Å²) in [5, 5.41) is 11.8. The van der Waals surface area contributed by atoms with Gasteiger partial charge in [-0.05, 0) is 30.3 Å². The van der Waals surface area contributed by atoms with E-state index in [0.717, 1.165) is 0 Å². The fourth-order valence-corrected chi connectivity index (χ4v) is 1.95. The molecule has 21 heavy (non-hydrogen) atoms. The highest BCUT2D eigenvalue weighted by atomic mass is 16.7. The summed E-state index contributed by atoms with van der Waals surface area (Å²) in [5.74, 6) is -0.429. The Morgan fingerprint density at radius 2 is 1.76 bits per heavy atom. The van der Waals surface area contributed by atoms with Crippen LogP contribution in [-0.2, 0) is 0 Å². The van der Waals surface area contributed by atoms with Gasteiger partial charge >= 0.3 is 0 Å². The molecule has 2 N–H and O–H groups in total. The van der Waals surface area contributed by atoms with Gasteiger partial charge in [0.2, 0.25) is 6.79 Å². The van der Waals surface area contributed by atoms with Crippen molar-refractivity contribution in [2.75, 3.05) is 6.79 Å². The molecular weight excluding hydrogens is 274 g/mol. The minimum Gasteiger partial charge on any atom is -0.507 e. The maximum Gasteiger partial charge on any atom is 0.261 e. The molecule has 0 spiro atoms. The molecule has 0 saturated heterocycles. The molecule has 0 fully saturated rings. The van der Waals surface area contributed by atoms with Gasteiger partial charge in [0.25, 0.3) is 11.8 Å². The number of hydrogen-bond donors (Lipinski definition) is 2. The van der Waals surface area contributed by atoms with Crippen molar-refractivity contribution in [1.29, 1.82) is 0 Å². The van der Waals surface area contributed by atoms with Gasteiger partial charge in [0.15, 0.2) is 11.5 Å². The molecule has 0 atom stereocenters. The van der Waals surface area contributed by atoms with Gasteiger partial charge < -0.3 is 14.6 Å². The Morgan fingerprint density at radius 3 is 2.57 bits per heavy atom. The lowest BCUT2D eigenvalue weighted by Gasteiger charge is -2.06. The fourth-order valence-electron chi connectivity index (χ4n) is 1.95. The van der Waals surface area contributed by atoms with E-state index < -0.39 is 11.8 Å². The summed E-state index contributed by atoms with van der Waals surface area (Å²) in [7, 11) is 0. The molecule has 6 heteroatoms. The summed E-state index contributed by atoms with van der Waals surface area (Å²) in [6, 6.07) is 10.6. The van der Waals surface area contributed by atoms with Crippen molar-refractivity contribution in [1.82, 2.24) is 5.32 Å². The molecule has 1 aliphatic rings. The monoisotopic (exact) mass is 285 g/mol. The highest BCUT2D eigenvalue weighted by molar-refractivity contribution is 6.11. The molecule has 2 amide bonds. The van der Waals surface area contributed by atoms with Crippen LogP contribution in [0.5, 0.6) is 17.2 Å². The van der Waals surface area contributed by atoms with E-state index in [1.165, 1.54) is 24.3 Å². The minimum absolute atomic E-state index is 0.0339. The Morgan fingerprint density at radius 1 is 1.00 bits per heavy atom. The number of hydrogen-bond acceptors (Lipinski definition) is 5. The first-order valence-electron chi connectivity index (χ1n) is 6.18. The zero-order valence-electron chi connectivity index (χ0n) is 10.8. The number of amides is 2. The predicted molar refractivity (Wildman–Crippen MR) is 72.5 cm³/mol. The van der Waals surface area contributed by atoms with Crippen LogP contribution in [0.1, 0.15) is 20.7 Å². The van der Waals surface area contributed by atoms with Crippen LogP contribution >= 0.6 is 0 Å². The molecular formula is C15H11NO5. The molecule has 2 aromatic carbocycles. The molecule has 3 rings (SSSR count). The quantitative estimate of drug-likeness (QED) is 0.820. The van der Waals surface area contributed by atoms with Crippen molar-refractivity contribution in [3.8, 4) is 17.2 Å². The lowest BCUT2D eigenvalue weighted by molar-refractivity contribution is 0.0847. The Kier molecular flexibility index (Phi) is 3.19. The number of imide groups is 1. The molecule has 106 valence electrons. The van der Waals surface area contributed by atoms with Crippen LogP contribution in [-0.4, -0.2) is 23.7 Å². The van der Waals surface area contributed by atoms with E-state index in [4.69, 9.17) is 9.47 Å². The van der Waals surface area contributed by atoms with Crippen molar-refractivity contribution in [3.05, 3.63) is 53.6 Å². The van der Waals surface area contributed by atoms with E-state index in [-0.39, 0.29) is 23.7 Å². The molecule has 0 saturated carbocycles.